The predicted octanol–water partition coefficient (Wildman–Crippen LogP) is 1.31. The maximum Gasteiger partial charge on any atom is 0.317 e. The number of carboxylic acids is 1. The van der Waals surface area contributed by atoms with Crippen molar-refractivity contribution >= 4 is 5.97 Å². The molecule has 0 radical (unpaired) electrons. The zero-order valence-electron chi connectivity index (χ0n) is 10.0. The number of phenols is 1. The number of methoxy groups -OCH3 is 1. The van der Waals surface area contributed by atoms with Gasteiger partial charge in [0.2, 0.25) is 0 Å². The normalized spacial score (nSPS) is 10.5. The van der Waals surface area contributed by atoms with E-state index >= 15 is 0 Å². The molecule has 17 heavy (non-hydrogen) atoms. The summed E-state index contributed by atoms with van der Waals surface area (Å²) in [6, 6.07) is 4.91. The lowest BCUT2D eigenvalue weighted by atomic mass is 10.1. The van der Waals surface area contributed by atoms with Crippen LogP contribution in [0.5, 0.6) is 11.5 Å². The van der Waals surface area contributed by atoms with Gasteiger partial charge in [0.05, 0.1) is 13.7 Å². The fraction of sp³-hybridized carbons (Fsp3) is 0.417. The molecule has 0 aliphatic carbocycles. The Balaban J connectivity index is 2.80. The number of benzene rings is 1. The van der Waals surface area contributed by atoms with Gasteiger partial charge < -0.3 is 14.9 Å². The van der Waals surface area contributed by atoms with E-state index in [-0.39, 0.29) is 12.3 Å². The first-order valence-electron chi connectivity index (χ1n) is 5.36. The van der Waals surface area contributed by atoms with E-state index in [1.165, 1.54) is 0 Å². The molecule has 0 atom stereocenters. The lowest BCUT2D eigenvalue weighted by molar-refractivity contribution is -0.138. The summed E-state index contributed by atoms with van der Waals surface area (Å²) < 4.78 is 5.06. The average molecular weight is 239 g/mol. The van der Waals surface area contributed by atoms with Crippen molar-refractivity contribution in [3.8, 4) is 11.5 Å². The van der Waals surface area contributed by atoms with Crippen LogP contribution in [0.15, 0.2) is 18.2 Å². The van der Waals surface area contributed by atoms with Crippen LogP contribution in [0, 0.1) is 0 Å². The van der Waals surface area contributed by atoms with Crippen LogP contribution in [0.2, 0.25) is 0 Å². The van der Waals surface area contributed by atoms with E-state index in [0.717, 1.165) is 0 Å². The molecule has 2 N–H and O–H groups in total. The molecule has 0 aliphatic heterocycles. The number of nitrogens with zero attached hydrogens (tertiary/aromatic N) is 1. The van der Waals surface area contributed by atoms with Gasteiger partial charge in [0.1, 0.15) is 11.5 Å². The SMILES string of the molecule is CCN(CC(=O)O)Cc1cc(OC)ccc1O. The molecule has 0 fully saturated rings. The number of phenolic OH excluding ortho intramolecular Hbond substituents is 1. The third-order valence-corrected chi connectivity index (χ3v) is 2.49. The molecule has 0 amide bonds. The molecule has 94 valence electrons. The molecule has 5 nitrogen and oxygen atoms in total. The van der Waals surface area contributed by atoms with E-state index < -0.39 is 5.97 Å². The molecule has 1 aromatic rings. The van der Waals surface area contributed by atoms with Gasteiger partial charge in [-0.25, -0.2) is 0 Å². The zero-order valence-corrected chi connectivity index (χ0v) is 10.0. The summed E-state index contributed by atoms with van der Waals surface area (Å²) in [5.74, 6) is -0.0898. The average Bonchev–Trinajstić information content (AvgIpc) is 2.30. The van der Waals surface area contributed by atoms with Crippen LogP contribution in [0.4, 0.5) is 0 Å². The Kier molecular flexibility index (Phi) is 4.78. The number of likely N-dealkylation sites (N-methyl/N-ethyl adjacent to an activating group) is 1. The Morgan fingerprint density at radius 2 is 2.18 bits per heavy atom. The van der Waals surface area contributed by atoms with E-state index in [2.05, 4.69) is 0 Å². The molecule has 0 aliphatic rings. The van der Waals surface area contributed by atoms with Gasteiger partial charge in [0.25, 0.3) is 0 Å². The minimum absolute atomic E-state index is 0.0485. The molecular formula is C12H17NO4. The number of rotatable bonds is 6. The number of carboxylic acid groups (broad SMARTS) is 1. The second-order valence-corrected chi connectivity index (χ2v) is 3.69. The van der Waals surface area contributed by atoms with Gasteiger partial charge in [0, 0.05) is 12.1 Å². The minimum Gasteiger partial charge on any atom is -0.508 e. The van der Waals surface area contributed by atoms with E-state index in [1.807, 2.05) is 6.92 Å². The lowest BCUT2D eigenvalue weighted by Crippen LogP contribution is -2.29. The van der Waals surface area contributed by atoms with E-state index in [1.54, 1.807) is 30.2 Å². The smallest absolute Gasteiger partial charge is 0.317 e. The van der Waals surface area contributed by atoms with E-state index in [0.29, 0.717) is 24.4 Å². The molecule has 0 saturated carbocycles. The minimum atomic E-state index is -0.880. The first-order valence-corrected chi connectivity index (χ1v) is 5.36. The first kappa shape index (κ1) is 13.3. The number of ether oxygens (including phenoxy) is 1. The summed E-state index contributed by atoms with van der Waals surface area (Å²) in [7, 11) is 1.55. The number of carbonyl (C=O) groups is 1. The van der Waals surface area contributed by atoms with E-state index in [9.17, 15) is 9.90 Å². The topological polar surface area (TPSA) is 70.0 Å². The van der Waals surface area contributed by atoms with Crippen molar-refractivity contribution < 1.29 is 19.7 Å². The van der Waals surface area contributed by atoms with E-state index in [4.69, 9.17) is 9.84 Å². The van der Waals surface area contributed by atoms with Crippen LogP contribution in [0.1, 0.15) is 12.5 Å². The van der Waals surface area contributed by atoms with Crippen molar-refractivity contribution in [3.63, 3.8) is 0 Å². The fourth-order valence-electron chi connectivity index (χ4n) is 1.53. The van der Waals surface area contributed by atoms with Crippen LogP contribution >= 0.6 is 0 Å². The zero-order chi connectivity index (χ0) is 12.8. The van der Waals surface area contributed by atoms with Crippen molar-refractivity contribution in [2.75, 3.05) is 20.2 Å². The molecule has 0 heterocycles. The standard InChI is InChI=1S/C12H17NO4/c1-3-13(8-12(15)16)7-9-6-10(17-2)4-5-11(9)14/h4-6,14H,3,7-8H2,1-2H3,(H,15,16). The second kappa shape index (κ2) is 6.10. The van der Waals surface area contributed by atoms with Crippen molar-refractivity contribution in [1.82, 2.24) is 4.90 Å². The number of aliphatic carboxylic acids is 1. The Hall–Kier alpha value is -1.75. The maximum atomic E-state index is 10.6. The summed E-state index contributed by atoms with van der Waals surface area (Å²) in [6.07, 6.45) is 0. The quantitative estimate of drug-likeness (QED) is 0.783. The van der Waals surface area contributed by atoms with Crippen molar-refractivity contribution in [3.05, 3.63) is 23.8 Å². The van der Waals surface area contributed by atoms with Crippen LogP contribution in [0.25, 0.3) is 0 Å². The highest BCUT2D eigenvalue weighted by atomic mass is 16.5. The molecule has 1 rings (SSSR count). The Labute approximate surface area is 100 Å². The number of hydrogen-bond donors (Lipinski definition) is 2. The summed E-state index contributed by atoms with van der Waals surface area (Å²) in [4.78, 5) is 12.4. The largest absolute Gasteiger partial charge is 0.508 e. The summed E-state index contributed by atoms with van der Waals surface area (Å²) >= 11 is 0. The molecule has 1 aromatic carbocycles. The number of hydrogen-bond acceptors (Lipinski definition) is 4. The van der Waals surface area contributed by atoms with Crippen LogP contribution in [-0.4, -0.2) is 41.3 Å². The van der Waals surface area contributed by atoms with Crippen molar-refractivity contribution in [2.24, 2.45) is 0 Å². The van der Waals surface area contributed by atoms with Crippen LogP contribution in [-0.2, 0) is 11.3 Å². The molecule has 0 bridgehead atoms. The number of aromatic hydroxyl groups is 1. The molecule has 0 spiro atoms. The van der Waals surface area contributed by atoms with Gasteiger partial charge in [0.15, 0.2) is 0 Å². The van der Waals surface area contributed by atoms with Gasteiger partial charge in [-0.2, -0.15) is 0 Å². The molecular weight excluding hydrogens is 222 g/mol. The van der Waals surface area contributed by atoms with Crippen LogP contribution in [0.3, 0.4) is 0 Å². The van der Waals surface area contributed by atoms with Crippen LogP contribution < -0.4 is 4.74 Å². The van der Waals surface area contributed by atoms with Crippen molar-refractivity contribution in [2.45, 2.75) is 13.5 Å². The predicted molar refractivity (Wildman–Crippen MR) is 63.2 cm³/mol. The highest BCUT2D eigenvalue weighted by Crippen LogP contribution is 2.24. The van der Waals surface area contributed by atoms with Gasteiger partial charge in [-0.3, -0.25) is 9.69 Å². The molecule has 0 aromatic heterocycles. The second-order valence-electron chi connectivity index (χ2n) is 3.69. The highest BCUT2D eigenvalue weighted by Gasteiger charge is 2.11. The Morgan fingerprint density at radius 1 is 1.47 bits per heavy atom. The highest BCUT2D eigenvalue weighted by molar-refractivity contribution is 5.69. The Morgan fingerprint density at radius 3 is 2.71 bits per heavy atom. The lowest BCUT2D eigenvalue weighted by Gasteiger charge is -2.18. The van der Waals surface area contributed by atoms with Gasteiger partial charge in [-0.1, -0.05) is 6.92 Å². The van der Waals surface area contributed by atoms with Gasteiger partial charge in [-0.05, 0) is 24.7 Å². The third-order valence-electron chi connectivity index (χ3n) is 2.49. The first-order chi connectivity index (χ1) is 8.06. The third kappa shape index (κ3) is 3.96. The van der Waals surface area contributed by atoms with Gasteiger partial charge in [-0.15, -0.1) is 0 Å². The molecule has 0 unspecified atom stereocenters. The van der Waals surface area contributed by atoms with Gasteiger partial charge >= 0.3 is 5.97 Å². The maximum absolute atomic E-state index is 10.6. The summed E-state index contributed by atoms with van der Waals surface area (Å²) in [5, 5.41) is 18.4. The summed E-state index contributed by atoms with van der Waals surface area (Å²) in [5.41, 5.74) is 0.660. The monoisotopic (exact) mass is 239 g/mol. The molecule has 5 heteroatoms. The van der Waals surface area contributed by atoms with Crippen molar-refractivity contribution in [1.29, 1.82) is 0 Å². The fourth-order valence-corrected chi connectivity index (χ4v) is 1.53. The summed E-state index contributed by atoms with van der Waals surface area (Å²) in [6.45, 7) is 2.81. The Bertz CT molecular complexity index is 392. The molecule has 0 saturated heterocycles.